The average Bonchev–Trinajstić information content (AvgIpc) is 2.95. The van der Waals surface area contributed by atoms with Crippen molar-refractivity contribution in [3.8, 4) is 0 Å². The van der Waals surface area contributed by atoms with E-state index in [4.69, 9.17) is 0 Å². The molecule has 0 aliphatic rings. The lowest BCUT2D eigenvalue weighted by Gasteiger charge is -1.93. The molecule has 0 aliphatic heterocycles. The molecule has 0 radical (unpaired) electrons. The summed E-state index contributed by atoms with van der Waals surface area (Å²) in [6.07, 6.45) is 3.95. The number of aromatic nitrogens is 4. The predicted octanol–water partition coefficient (Wildman–Crippen LogP) is 3.03. The molecule has 0 spiro atoms. The molecule has 6 heteroatoms. The van der Waals surface area contributed by atoms with Gasteiger partial charge < -0.3 is 4.98 Å². The van der Waals surface area contributed by atoms with Gasteiger partial charge >= 0.3 is 0 Å². The smallest absolute Gasteiger partial charge is 0.194 e. The molecular formula is C11H12N4S2. The maximum Gasteiger partial charge on any atom is 0.194 e. The Morgan fingerprint density at radius 1 is 1.47 bits per heavy atom. The molecule has 0 saturated heterocycles. The first kappa shape index (κ1) is 10.9. The van der Waals surface area contributed by atoms with Crippen molar-refractivity contribution in [2.45, 2.75) is 24.8 Å². The molecule has 0 atom stereocenters. The number of nitrogens with zero attached hydrogens (tertiary/aromatic N) is 3. The quantitative estimate of drug-likeness (QED) is 0.740. The van der Waals surface area contributed by atoms with E-state index in [1.54, 1.807) is 23.1 Å². The number of thioether (sulfide) groups is 1. The van der Waals surface area contributed by atoms with Crippen molar-refractivity contribution < 1.29 is 0 Å². The molecule has 4 nitrogen and oxygen atoms in total. The van der Waals surface area contributed by atoms with Crippen LogP contribution < -0.4 is 0 Å². The van der Waals surface area contributed by atoms with Gasteiger partial charge in [-0.3, -0.25) is 4.40 Å². The van der Waals surface area contributed by atoms with Gasteiger partial charge in [0, 0.05) is 34.9 Å². The lowest BCUT2D eigenvalue weighted by atomic mass is 10.5. The molecule has 3 heterocycles. The Balaban J connectivity index is 1.76. The van der Waals surface area contributed by atoms with E-state index in [1.807, 2.05) is 13.1 Å². The predicted molar refractivity (Wildman–Crippen MR) is 70.7 cm³/mol. The summed E-state index contributed by atoms with van der Waals surface area (Å²) in [5.74, 6) is 0.848. The average molecular weight is 264 g/mol. The van der Waals surface area contributed by atoms with E-state index in [9.17, 15) is 0 Å². The Hall–Kier alpha value is -1.27. The highest BCUT2D eigenvalue weighted by Gasteiger charge is 2.06. The van der Waals surface area contributed by atoms with Crippen LogP contribution in [0.5, 0.6) is 0 Å². The fraction of sp³-hybridized carbons (Fsp3) is 0.273. The molecular weight excluding hydrogens is 252 g/mol. The standard InChI is InChI=1S/C11H12N4S2/c1-7-3-12-10(13-7)16-6-9-4-15-8(2)5-17-11(15)14-9/h3-5H,6H2,1-2H3,(H,12,13). The Bertz CT molecular complexity index is 649. The van der Waals surface area contributed by atoms with Crippen LogP contribution in [-0.4, -0.2) is 19.4 Å². The number of rotatable bonds is 3. The number of hydrogen-bond donors (Lipinski definition) is 1. The minimum Gasteiger partial charge on any atom is -0.337 e. The maximum absolute atomic E-state index is 4.57. The highest BCUT2D eigenvalue weighted by atomic mass is 32.2. The second-order valence-electron chi connectivity index (χ2n) is 3.92. The van der Waals surface area contributed by atoms with E-state index >= 15 is 0 Å². The number of thiazole rings is 1. The number of imidazole rings is 2. The highest BCUT2D eigenvalue weighted by Crippen LogP contribution is 2.22. The SMILES string of the molecule is Cc1cnc(SCc2cn3c(C)csc3n2)[nH]1. The van der Waals surface area contributed by atoms with Crippen LogP contribution in [0.15, 0.2) is 22.9 Å². The normalized spacial score (nSPS) is 11.4. The summed E-state index contributed by atoms with van der Waals surface area (Å²) in [7, 11) is 0. The summed E-state index contributed by atoms with van der Waals surface area (Å²) >= 11 is 3.36. The topological polar surface area (TPSA) is 46.0 Å². The van der Waals surface area contributed by atoms with Crippen LogP contribution in [0.4, 0.5) is 0 Å². The van der Waals surface area contributed by atoms with Crippen molar-refractivity contribution in [2.75, 3.05) is 0 Å². The van der Waals surface area contributed by atoms with Crippen LogP contribution in [0.3, 0.4) is 0 Å². The number of fused-ring (bicyclic) bond motifs is 1. The molecule has 0 saturated carbocycles. The molecule has 0 amide bonds. The summed E-state index contributed by atoms with van der Waals surface area (Å²) in [5, 5.41) is 3.07. The Morgan fingerprint density at radius 2 is 2.35 bits per heavy atom. The first-order valence-electron chi connectivity index (χ1n) is 5.29. The monoisotopic (exact) mass is 264 g/mol. The van der Waals surface area contributed by atoms with Gasteiger partial charge in [0.2, 0.25) is 0 Å². The zero-order valence-electron chi connectivity index (χ0n) is 9.60. The van der Waals surface area contributed by atoms with Crippen molar-refractivity contribution in [2.24, 2.45) is 0 Å². The van der Waals surface area contributed by atoms with Gasteiger partial charge in [0.1, 0.15) is 0 Å². The van der Waals surface area contributed by atoms with Gasteiger partial charge in [-0.05, 0) is 13.8 Å². The Labute approximate surface area is 107 Å². The first-order chi connectivity index (χ1) is 8.22. The summed E-state index contributed by atoms with van der Waals surface area (Å²) in [6.45, 7) is 4.10. The van der Waals surface area contributed by atoms with E-state index < -0.39 is 0 Å². The van der Waals surface area contributed by atoms with Crippen LogP contribution in [0.25, 0.3) is 4.96 Å². The third-order valence-electron chi connectivity index (χ3n) is 2.47. The molecule has 17 heavy (non-hydrogen) atoms. The number of nitrogens with one attached hydrogen (secondary N) is 1. The third kappa shape index (κ3) is 2.10. The molecule has 88 valence electrons. The zero-order chi connectivity index (χ0) is 11.8. The van der Waals surface area contributed by atoms with Crippen molar-refractivity contribution in [3.63, 3.8) is 0 Å². The lowest BCUT2D eigenvalue weighted by Crippen LogP contribution is -1.82. The fourth-order valence-corrected chi connectivity index (χ4v) is 3.27. The van der Waals surface area contributed by atoms with E-state index in [-0.39, 0.29) is 0 Å². The Kier molecular flexibility index (Phi) is 2.68. The molecule has 0 aromatic carbocycles. The first-order valence-corrected chi connectivity index (χ1v) is 7.15. The molecule has 0 bridgehead atoms. The maximum atomic E-state index is 4.57. The van der Waals surface area contributed by atoms with Gasteiger partial charge in [-0.1, -0.05) is 11.8 Å². The highest BCUT2D eigenvalue weighted by molar-refractivity contribution is 7.98. The molecule has 0 fully saturated rings. The van der Waals surface area contributed by atoms with E-state index in [1.165, 1.54) is 5.69 Å². The van der Waals surface area contributed by atoms with Crippen LogP contribution in [0, 0.1) is 13.8 Å². The van der Waals surface area contributed by atoms with Crippen molar-refractivity contribution in [1.29, 1.82) is 0 Å². The molecule has 3 rings (SSSR count). The van der Waals surface area contributed by atoms with Crippen LogP contribution in [-0.2, 0) is 5.75 Å². The van der Waals surface area contributed by atoms with Crippen molar-refractivity contribution >= 4 is 28.1 Å². The van der Waals surface area contributed by atoms with Crippen molar-refractivity contribution in [1.82, 2.24) is 19.4 Å². The van der Waals surface area contributed by atoms with Crippen LogP contribution in [0.2, 0.25) is 0 Å². The summed E-state index contributed by atoms with van der Waals surface area (Å²) in [4.78, 5) is 13.1. The van der Waals surface area contributed by atoms with Gasteiger partial charge in [0.05, 0.1) is 5.69 Å². The summed E-state index contributed by atoms with van der Waals surface area (Å²) < 4.78 is 2.13. The molecule has 1 N–H and O–H groups in total. The largest absolute Gasteiger partial charge is 0.337 e. The van der Waals surface area contributed by atoms with Crippen LogP contribution >= 0.6 is 23.1 Å². The second kappa shape index (κ2) is 4.19. The number of hydrogen-bond acceptors (Lipinski definition) is 4. The molecule has 0 unspecified atom stereocenters. The Morgan fingerprint density at radius 3 is 3.06 bits per heavy atom. The minimum atomic E-state index is 0.848. The van der Waals surface area contributed by atoms with Gasteiger partial charge in [-0.25, -0.2) is 9.97 Å². The fourth-order valence-electron chi connectivity index (χ4n) is 1.61. The zero-order valence-corrected chi connectivity index (χ0v) is 11.2. The van der Waals surface area contributed by atoms with E-state index in [0.29, 0.717) is 0 Å². The number of aryl methyl sites for hydroxylation is 2. The summed E-state index contributed by atoms with van der Waals surface area (Å²) in [6, 6.07) is 0. The lowest BCUT2D eigenvalue weighted by molar-refractivity contribution is 1.04. The van der Waals surface area contributed by atoms with Crippen LogP contribution in [0.1, 0.15) is 17.1 Å². The minimum absolute atomic E-state index is 0.848. The van der Waals surface area contributed by atoms with E-state index in [0.717, 1.165) is 27.3 Å². The number of aromatic amines is 1. The molecule has 3 aromatic heterocycles. The van der Waals surface area contributed by atoms with Gasteiger partial charge in [0.25, 0.3) is 0 Å². The second-order valence-corrected chi connectivity index (χ2v) is 5.72. The van der Waals surface area contributed by atoms with Gasteiger partial charge in [0.15, 0.2) is 10.1 Å². The van der Waals surface area contributed by atoms with Gasteiger partial charge in [-0.15, -0.1) is 11.3 Å². The van der Waals surface area contributed by atoms with Crippen molar-refractivity contribution in [3.05, 3.63) is 34.9 Å². The van der Waals surface area contributed by atoms with E-state index in [2.05, 4.69) is 37.9 Å². The summed E-state index contributed by atoms with van der Waals surface area (Å²) in [5.41, 5.74) is 3.43. The molecule has 0 aliphatic carbocycles. The van der Waals surface area contributed by atoms with Gasteiger partial charge in [-0.2, -0.15) is 0 Å². The third-order valence-corrected chi connectivity index (χ3v) is 4.35. The molecule has 3 aromatic rings. The number of H-pyrrole nitrogens is 1.